The van der Waals surface area contributed by atoms with Crippen LogP contribution in [-0.4, -0.2) is 20.9 Å². The second-order valence-electron chi connectivity index (χ2n) is 5.24. The van der Waals surface area contributed by atoms with Crippen LogP contribution in [0, 0.1) is 20.8 Å². The van der Waals surface area contributed by atoms with E-state index in [9.17, 15) is 4.79 Å². The topological polar surface area (TPSA) is 68.3 Å². The summed E-state index contributed by atoms with van der Waals surface area (Å²) in [5, 5.41) is 14.3. The molecule has 2 heterocycles. The number of hydrogen-bond acceptors (Lipinski definition) is 3. The predicted molar refractivity (Wildman–Crippen MR) is 78.7 cm³/mol. The zero-order chi connectivity index (χ0) is 15.1. The number of carboxylic acids is 1. The minimum atomic E-state index is -1.05. The van der Waals surface area contributed by atoms with E-state index in [1.807, 2.05) is 30.7 Å². The first-order chi connectivity index (χ1) is 9.95. The van der Waals surface area contributed by atoms with Crippen molar-refractivity contribution in [2.24, 2.45) is 0 Å². The van der Waals surface area contributed by atoms with Crippen LogP contribution in [0.1, 0.15) is 33.1 Å². The van der Waals surface area contributed by atoms with Gasteiger partial charge in [0.15, 0.2) is 0 Å². The van der Waals surface area contributed by atoms with Gasteiger partial charge in [-0.2, -0.15) is 5.10 Å². The Balaban J connectivity index is 1.97. The third-order valence-corrected chi connectivity index (χ3v) is 3.87. The largest absolute Gasteiger partial charge is 0.475 e. The number of fused-ring (bicyclic) bond motifs is 1. The highest BCUT2D eigenvalue weighted by Crippen LogP contribution is 2.22. The van der Waals surface area contributed by atoms with Crippen LogP contribution >= 0.6 is 0 Å². The van der Waals surface area contributed by atoms with Gasteiger partial charge in [-0.1, -0.05) is 6.07 Å². The Bertz CT molecular complexity index is 843. The summed E-state index contributed by atoms with van der Waals surface area (Å²) in [7, 11) is 0. The van der Waals surface area contributed by atoms with E-state index in [2.05, 4.69) is 12.0 Å². The van der Waals surface area contributed by atoms with Gasteiger partial charge < -0.3 is 9.52 Å². The number of furan rings is 1. The monoisotopic (exact) mass is 284 g/mol. The fourth-order valence-corrected chi connectivity index (χ4v) is 2.41. The van der Waals surface area contributed by atoms with Crippen LogP contribution in [0.2, 0.25) is 0 Å². The number of aromatic carboxylic acids is 1. The van der Waals surface area contributed by atoms with E-state index >= 15 is 0 Å². The quantitative estimate of drug-likeness (QED) is 0.801. The van der Waals surface area contributed by atoms with E-state index < -0.39 is 5.97 Å². The number of rotatable bonds is 3. The van der Waals surface area contributed by atoms with Crippen molar-refractivity contribution in [2.45, 2.75) is 27.3 Å². The van der Waals surface area contributed by atoms with E-state index in [1.165, 1.54) is 5.56 Å². The Morgan fingerprint density at radius 3 is 2.67 bits per heavy atom. The molecule has 108 valence electrons. The lowest BCUT2D eigenvalue weighted by molar-refractivity contribution is 0.0665. The third-order valence-electron chi connectivity index (χ3n) is 3.87. The van der Waals surface area contributed by atoms with E-state index in [-0.39, 0.29) is 5.76 Å². The van der Waals surface area contributed by atoms with Gasteiger partial charge in [0, 0.05) is 11.1 Å². The Morgan fingerprint density at radius 1 is 1.29 bits per heavy atom. The first-order valence-corrected chi connectivity index (χ1v) is 6.72. The molecule has 0 amide bonds. The number of carbonyl (C=O) groups is 1. The van der Waals surface area contributed by atoms with Crippen LogP contribution < -0.4 is 0 Å². The summed E-state index contributed by atoms with van der Waals surface area (Å²) in [6.45, 7) is 6.77. The maximum atomic E-state index is 10.9. The third kappa shape index (κ3) is 2.31. The summed E-state index contributed by atoms with van der Waals surface area (Å²) in [4.78, 5) is 10.9. The number of benzene rings is 1. The van der Waals surface area contributed by atoms with Gasteiger partial charge in [-0.05, 0) is 50.1 Å². The average Bonchev–Trinajstić information content (AvgIpc) is 2.96. The minimum Gasteiger partial charge on any atom is -0.475 e. The Hall–Kier alpha value is -2.56. The maximum Gasteiger partial charge on any atom is 0.371 e. The van der Waals surface area contributed by atoms with Crippen molar-refractivity contribution in [3.05, 3.63) is 52.5 Å². The van der Waals surface area contributed by atoms with Crippen molar-refractivity contribution in [2.75, 3.05) is 0 Å². The molecule has 0 fully saturated rings. The molecular formula is C16H16N2O3. The summed E-state index contributed by atoms with van der Waals surface area (Å²) >= 11 is 0. The van der Waals surface area contributed by atoms with Crippen LogP contribution in [0.4, 0.5) is 0 Å². The molecule has 0 bridgehead atoms. The van der Waals surface area contributed by atoms with Crippen molar-refractivity contribution in [1.29, 1.82) is 0 Å². The van der Waals surface area contributed by atoms with E-state index in [0.717, 1.165) is 22.3 Å². The zero-order valence-electron chi connectivity index (χ0n) is 12.2. The van der Waals surface area contributed by atoms with E-state index in [1.54, 1.807) is 12.1 Å². The fourth-order valence-electron chi connectivity index (χ4n) is 2.41. The Labute approximate surface area is 121 Å². The van der Waals surface area contributed by atoms with E-state index in [0.29, 0.717) is 12.1 Å². The van der Waals surface area contributed by atoms with Gasteiger partial charge in [0.05, 0.1) is 12.2 Å². The lowest BCUT2D eigenvalue weighted by Crippen LogP contribution is -2.03. The van der Waals surface area contributed by atoms with Gasteiger partial charge in [-0.15, -0.1) is 0 Å². The first-order valence-electron chi connectivity index (χ1n) is 6.72. The highest BCUT2D eigenvalue weighted by Gasteiger charge is 2.12. The zero-order valence-corrected chi connectivity index (χ0v) is 12.2. The Morgan fingerprint density at radius 2 is 2.05 bits per heavy atom. The number of nitrogens with zero attached hydrogens (tertiary/aromatic N) is 2. The molecule has 0 atom stereocenters. The summed E-state index contributed by atoms with van der Waals surface area (Å²) in [6, 6.07) is 7.23. The smallest absolute Gasteiger partial charge is 0.371 e. The lowest BCUT2D eigenvalue weighted by Gasteiger charge is -2.05. The molecule has 0 aliphatic heterocycles. The average molecular weight is 284 g/mol. The molecule has 5 heteroatoms. The molecule has 0 spiro atoms. The maximum absolute atomic E-state index is 10.9. The van der Waals surface area contributed by atoms with Crippen LogP contribution in [0.25, 0.3) is 11.0 Å². The van der Waals surface area contributed by atoms with Crippen molar-refractivity contribution in [1.82, 2.24) is 9.78 Å². The SMILES string of the molecule is Cc1nn(Cc2ccc3oc(C(=O)O)cc3c2)c(C)c1C. The molecule has 1 aromatic carbocycles. The lowest BCUT2D eigenvalue weighted by atomic mass is 10.1. The molecule has 1 N–H and O–H groups in total. The minimum absolute atomic E-state index is 0.0379. The molecule has 3 aromatic rings. The van der Waals surface area contributed by atoms with Gasteiger partial charge in [0.25, 0.3) is 0 Å². The van der Waals surface area contributed by atoms with Gasteiger partial charge in [-0.25, -0.2) is 4.79 Å². The number of carboxylic acid groups (broad SMARTS) is 1. The van der Waals surface area contributed by atoms with E-state index in [4.69, 9.17) is 9.52 Å². The molecule has 0 saturated heterocycles. The molecule has 3 rings (SSSR count). The number of hydrogen-bond donors (Lipinski definition) is 1. The highest BCUT2D eigenvalue weighted by atomic mass is 16.4. The summed E-state index contributed by atoms with van der Waals surface area (Å²) in [6.07, 6.45) is 0. The van der Waals surface area contributed by atoms with Crippen LogP contribution in [-0.2, 0) is 6.54 Å². The van der Waals surface area contributed by atoms with Crippen molar-refractivity contribution < 1.29 is 14.3 Å². The van der Waals surface area contributed by atoms with Crippen molar-refractivity contribution in [3.8, 4) is 0 Å². The Kier molecular flexibility index (Phi) is 3.05. The standard InChI is InChI=1S/C16H16N2O3/c1-9-10(2)17-18(11(9)3)8-12-4-5-14-13(6-12)7-15(21-14)16(19)20/h4-7H,8H2,1-3H3,(H,19,20). The second kappa shape index (κ2) is 4.77. The summed E-state index contributed by atoms with van der Waals surface area (Å²) < 4.78 is 7.22. The molecule has 21 heavy (non-hydrogen) atoms. The molecule has 5 nitrogen and oxygen atoms in total. The first kappa shape index (κ1) is 13.4. The number of aromatic nitrogens is 2. The van der Waals surface area contributed by atoms with Crippen LogP contribution in [0.5, 0.6) is 0 Å². The second-order valence-corrected chi connectivity index (χ2v) is 5.24. The van der Waals surface area contributed by atoms with Crippen molar-refractivity contribution >= 4 is 16.9 Å². The molecule has 0 saturated carbocycles. The summed E-state index contributed by atoms with van der Waals surface area (Å²) in [5.41, 5.74) is 5.02. The summed E-state index contributed by atoms with van der Waals surface area (Å²) in [5.74, 6) is -1.09. The molecule has 2 aromatic heterocycles. The molecule has 0 aliphatic carbocycles. The van der Waals surface area contributed by atoms with Crippen LogP contribution in [0.15, 0.2) is 28.7 Å². The molecule has 0 aliphatic rings. The molecule has 0 unspecified atom stereocenters. The van der Waals surface area contributed by atoms with Gasteiger partial charge in [-0.3, -0.25) is 4.68 Å². The number of aryl methyl sites for hydroxylation is 1. The van der Waals surface area contributed by atoms with Gasteiger partial charge >= 0.3 is 5.97 Å². The highest BCUT2D eigenvalue weighted by molar-refractivity contribution is 5.91. The fraction of sp³-hybridized carbons (Fsp3) is 0.250. The normalized spacial score (nSPS) is 11.2. The molecular weight excluding hydrogens is 268 g/mol. The van der Waals surface area contributed by atoms with Gasteiger partial charge in [0.2, 0.25) is 5.76 Å². The predicted octanol–water partition coefficient (Wildman–Crippen LogP) is 3.30. The molecule has 0 radical (unpaired) electrons. The van der Waals surface area contributed by atoms with Crippen LogP contribution in [0.3, 0.4) is 0 Å². The van der Waals surface area contributed by atoms with Crippen molar-refractivity contribution in [3.63, 3.8) is 0 Å². The van der Waals surface area contributed by atoms with Gasteiger partial charge in [0.1, 0.15) is 5.58 Å².